The van der Waals surface area contributed by atoms with Crippen molar-refractivity contribution in [3.63, 3.8) is 0 Å². The number of halogens is 1. The summed E-state index contributed by atoms with van der Waals surface area (Å²) in [4.78, 5) is 4.21. The van der Waals surface area contributed by atoms with Crippen LogP contribution in [-0.2, 0) is 11.2 Å². The number of hydrogen-bond acceptors (Lipinski definition) is 2. The smallest absolute Gasteiger partial charge is 0.190 e. The van der Waals surface area contributed by atoms with Crippen LogP contribution in [0.2, 0.25) is 0 Å². The van der Waals surface area contributed by atoms with Crippen LogP contribution in [-0.4, -0.2) is 39.8 Å². The molecule has 1 aromatic carbocycles. The molecule has 23 heavy (non-hydrogen) atoms. The zero-order valence-corrected chi connectivity index (χ0v) is 17.2. The second-order valence-electron chi connectivity index (χ2n) is 5.77. The van der Waals surface area contributed by atoms with Gasteiger partial charge in [0, 0.05) is 33.9 Å². The maximum Gasteiger partial charge on any atom is 0.190 e. The molecule has 1 rings (SSSR count). The number of methoxy groups -OCH3 is 1. The van der Waals surface area contributed by atoms with Gasteiger partial charge in [0.05, 0.1) is 0 Å². The van der Waals surface area contributed by atoms with Gasteiger partial charge in [0.15, 0.2) is 5.96 Å². The summed E-state index contributed by atoms with van der Waals surface area (Å²) in [5.74, 6) is 1.47. The highest BCUT2D eigenvalue weighted by Crippen LogP contribution is 2.15. The highest BCUT2D eigenvalue weighted by molar-refractivity contribution is 14.0. The Bertz CT molecular complexity index is 432. The van der Waals surface area contributed by atoms with Gasteiger partial charge in [-0.1, -0.05) is 38.1 Å². The molecule has 5 heteroatoms. The van der Waals surface area contributed by atoms with Crippen molar-refractivity contribution in [2.24, 2.45) is 4.99 Å². The van der Waals surface area contributed by atoms with Crippen LogP contribution < -0.4 is 10.6 Å². The molecule has 0 amide bonds. The Hall–Kier alpha value is -0.820. The minimum atomic E-state index is 0. The molecule has 0 aliphatic carbocycles. The van der Waals surface area contributed by atoms with Crippen LogP contribution >= 0.6 is 24.0 Å². The van der Waals surface area contributed by atoms with Gasteiger partial charge >= 0.3 is 0 Å². The first kappa shape index (κ1) is 22.2. The summed E-state index contributed by atoms with van der Waals surface area (Å²) in [7, 11) is 3.52. The molecule has 0 aliphatic rings. The van der Waals surface area contributed by atoms with Crippen LogP contribution in [0.3, 0.4) is 0 Å². The van der Waals surface area contributed by atoms with Gasteiger partial charge in [-0.15, -0.1) is 24.0 Å². The Morgan fingerprint density at radius 3 is 2.22 bits per heavy atom. The fraction of sp³-hybridized carbons (Fsp3) is 0.611. The molecular weight excluding hydrogens is 401 g/mol. The average Bonchev–Trinajstić information content (AvgIpc) is 2.53. The van der Waals surface area contributed by atoms with Crippen molar-refractivity contribution >= 4 is 29.9 Å². The maximum atomic E-state index is 5.03. The monoisotopic (exact) mass is 433 g/mol. The van der Waals surface area contributed by atoms with Crippen molar-refractivity contribution < 1.29 is 4.74 Å². The van der Waals surface area contributed by atoms with Gasteiger partial charge in [-0.3, -0.25) is 4.99 Å². The maximum absolute atomic E-state index is 5.03. The van der Waals surface area contributed by atoms with Gasteiger partial charge in [0.1, 0.15) is 0 Å². The number of aryl methyl sites for hydroxylation is 1. The molecule has 0 heterocycles. The fourth-order valence-electron chi connectivity index (χ4n) is 2.21. The molecule has 0 saturated heterocycles. The van der Waals surface area contributed by atoms with E-state index in [-0.39, 0.29) is 24.0 Å². The third-order valence-corrected chi connectivity index (χ3v) is 3.62. The van der Waals surface area contributed by atoms with Gasteiger partial charge < -0.3 is 15.4 Å². The molecule has 0 spiro atoms. The molecule has 0 fully saturated rings. The van der Waals surface area contributed by atoms with Crippen LogP contribution in [0, 0.1) is 0 Å². The molecule has 0 aromatic heterocycles. The highest BCUT2D eigenvalue weighted by Gasteiger charge is 2.00. The summed E-state index contributed by atoms with van der Waals surface area (Å²) >= 11 is 0. The lowest BCUT2D eigenvalue weighted by molar-refractivity contribution is 0.195. The van der Waals surface area contributed by atoms with E-state index in [1.165, 1.54) is 11.1 Å². The normalized spacial score (nSPS) is 11.3. The minimum absolute atomic E-state index is 0. The van der Waals surface area contributed by atoms with E-state index >= 15 is 0 Å². The zero-order chi connectivity index (χ0) is 16.2. The number of rotatable bonds is 9. The van der Waals surface area contributed by atoms with Gasteiger partial charge in [0.25, 0.3) is 0 Å². The first-order valence-corrected chi connectivity index (χ1v) is 8.19. The van der Waals surface area contributed by atoms with Crippen LogP contribution in [0.4, 0.5) is 0 Å². The topological polar surface area (TPSA) is 45.7 Å². The predicted molar refractivity (Wildman–Crippen MR) is 110 cm³/mol. The van der Waals surface area contributed by atoms with Gasteiger partial charge in [-0.05, 0) is 36.3 Å². The third kappa shape index (κ3) is 9.81. The molecular formula is C18H32IN3O. The number of hydrogen-bond donors (Lipinski definition) is 2. The highest BCUT2D eigenvalue weighted by atomic mass is 127. The van der Waals surface area contributed by atoms with Crippen molar-refractivity contribution in [2.45, 2.75) is 39.0 Å². The number of ether oxygens (including phenoxy) is 1. The molecule has 0 atom stereocenters. The van der Waals surface area contributed by atoms with Crippen LogP contribution in [0.15, 0.2) is 29.3 Å². The Kier molecular flexibility index (Phi) is 13.1. The van der Waals surface area contributed by atoms with E-state index in [4.69, 9.17) is 4.74 Å². The second-order valence-corrected chi connectivity index (χ2v) is 5.77. The van der Waals surface area contributed by atoms with Crippen LogP contribution in [0.1, 0.15) is 43.7 Å². The van der Waals surface area contributed by atoms with Gasteiger partial charge in [-0.2, -0.15) is 0 Å². The van der Waals surface area contributed by atoms with Crippen molar-refractivity contribution in [1.29, 1.82) is 0 Å². The zero-order valence-electron chi connectivity index (χ0n) is 14.9. The first-order chi connectivity index (χ1) is 10.7. The second kappa shape index (κ2) is 13.6. The molecule has 1 aromatic rings. The van der Waals surface area contributed by atoms with Crippen molar-refractivity contribution in [3.8, 4) is 0 Å². The van der Waals surface area contributed by atoms with Gasteiger partial charge in [-0.25, -0.2) is 0 Å². The lowest BCUT2D eigenvalue weighted by atomic mass is 10.0. The summed E-state index contributed by atoms with van der Waals surface area (Å²) in [6.07, 6.45) is 3.17. The average molecular weight is 433 g/mol. The van der Waals surface area contributed by atoms with E-state index in [9.17, 15) is 0 Å². The molecule has 4 nitrogen and oxygen atoms in total. The summed E-state index contributed by atoms with van der Waals surface area (Å²) in [6.45, 7) is 7.03. The summed E-state index contributed by atoms with van der Waals surface area (Å²) in [5, 5.41) is 6.63. The van der Waals surface area contributed by atoms with E-state index in [1.807, 2.05) is 0 Å². The molecule has 2 N–H and O–H groups in total. The largest absolute Gasteiger partial charge is 0.385 e. The molecule has 0 saturated carbocycles. The van der Waals surface area contributed by atoms with E-state index < -0.39 is 0 Å². The third-order valence-electron chi connectivity index (χ3n) is 3.62. The number of benzene rings is 1. The van der Waals surface area contributed by atoms with Gasteiger partial charge in [0.2, 0.25) is 0 Å². The van der Waals surface area contributed by atoms with E-state index in [0.717, 1.165) is 44.9 Å². The minimum Gasteiger partial charge on any atom is -0.385 e. The molecule has 0 radical (unpaired) electrons. The van der Waals surface area contributed by atoms with Crippen molar-refractivity contribution in [1.82, 2.24) is 10.6 Å². The number of aliphatic imine (C=N–C) groups is 1. The van der Waals surface area contributed by atoms with Crippen LogP contribution in [0.5, 0.6) is 0 Å². The van der Waals surface area contributed by atoms with Crippen molar-refractivity contribution in [3.05, 3.63) is 35.4 Å². The lowest BCUT2D eigenvalue weighted by Crippen LogP contribution is -2.38. The predicted octanol–water partition coefficient (Wildman–Crippen LogP) is 3.56. The number of guanidine groups is 1. The first-order valence-electron chi connectivity index (χ1n) is 8.19. The van der Waals surface area contributed by atoms with Crippen LogP contribution in [0.25, 0.3) is 0 Å². The van der Waals surface area contributed by atoms with Crippen molar-refractivity contribution in [2.75, 3.05) is 33.9 Å². The standard InChI is InChI=1S/C18H31N3O.HI/c1-15(2)17-10-8-16(9-11-17)7-5-12-20-18(19-3)21-13-6-14-22-4;/h8-11,15H,5-7,12-14H2,1-4H3,(H2,19,20,21);1H. The Labute approximate surface area is 158 Å². The lowest BCUT2D eigenvalue weighted by Gasteiger charge is -2.12. The quantitative estimate of drug-likeness (QED) is 0.271. The van der Waals surface area contributed by atoms with E-state index in [2.05, 4.69) is 53.7 Å². The fourth-order valence-corrected chi connectivity index (χ4v) is 2.21. The molecule has 132 valence electrons. The molecule has 0 bridgehead atoms. The summed E-state index contributed by atoms with van der Waals surface area (Å²) in [5.41, 5.74) is 2.80. The summed E-state index contributed by atoms with van der Waals surface area (Å²) in [6, 6.07) is 8.97. The number of nitrogens with zero attached hydrogens (tertiary/aromatic N) is 1. The summed E-state index contributed by atoms with van der Waals surface area (Å²) < 4.78 is 5.03. The Morgan fingerprint density at radius 1 is 1.09 bits per heavy atom. The van der Waals surface area contributed by atoms with E-state index in [1.54, 1.807) is 14.2 Å². The van der Waals surface area contributed by atoms with E-state index in [0.29, 0.717) is 5.92 Å². The Balaban J connectivity index is 0.00000484. The Morgan fingerprint density at radius 2 is 1.70 bits per heavy atom. The number of nitrogens with one attached hydrogen (secondary N) is 2. The molecule has 0 aliphatic heterocycles. The SMILES string of the molecule is CN=C(NCCCOC)NCCCc1ccc(C(C)C)cc1.I. The molecule has 0 unspecified atom stereocenters.